The first-order valence-electron chi connectivity index (χ1n) is 9.49. The molecule has 5 nitrogen and oxygen atoms in total. The summed E-state index contributed by atoms with van der Waals surface area (Å²) in [7, 11) is 0. The number of hydrogen-bond acceptors (Lipinski definition) is 3. The molecule has 2 aromatic carbocycles. The zero-order valence-electron chi connectivity index (χ0n) is 16.0. The molecule has 0 atom stereocenters. The third kappa shape index (κ3) is 3.70. The highest BCUT2D eigenvalue weighted by atomic mass is 19.4. The summed E-state index contributed by atoms with van der Waals surface area (Å²) < 4.78 is 46.2. The number of alkyl halides is 3. The number of aldehydes is 1. The van der Waals surface area contributed by atoms with E-state index in [1.807, 2.05) is 0 Å². The third-order valence-corrected chi connectivity index (χ3v) is 5.23. The lowest BCUT2D eigenvalue weighted by Crippen LogP contribution is -2.41. The van der Waals surface area contributed by atoms with Crippen molar-refractivity contribution in [2.24, 2.45) is 0 Å². The molecular formula is C22H19F3N2O3. The molecule has 0 bridgehead atoms. The summed E-state index contributed by atoms with van der Waals surface area (Å²) in [5.41, 5.74) is 0.681. The van der Waals surface area contributed by atoms with Gasteiger partial charge in [0.1, 0.15) is 0 Å². The molecule has 0 radical (unpaired) electrons. The first-order valence-corrected chi connectivity index (χ1v) is 9.49. The Balaban J connectivity index is 1.81. The minimum absolute atomic E-state index is 0.0366. The number of ether oxygens (including phenoxy) is 1. The second-order valence-electron chi connectivity index (χ2n) is 7.08. The number of hydrogen-bond donors (Lipinski definition) is 0. The fraction of sp³-hybridized carbons (Fsp3) is 0.273. The Labute approximate surface area is 170 Å². The van der Waals surface area contributed by atoms with Crippen molar-refractivity contribution in [2.75, 3.05) is 26.3 Å². The highest BCUT2D eigenvalue weighted by molar-refractivity contribution is 6.12. The lowest BCUT2D eigenvalue weighted by Gasteiger charge is -2.27. The molecule has 4 rings (SSSR count). The summed E-state index contributed by atoms with van der Waals surface area (Å²) in [5, 5.41) is 0.600. The van der Waals surface area contributed by atoms with Gasteiger partial charge in [0, 0.05) is 30.5 Å². The van der Waals surface area contributed by atoms with E-state index in [1.165, 1.54) is 6.07 Å². The van der Waals surface area contributed by atoms with Gasteiger partial charge < -0.3 is 14.2 Å². The molecule has 2 heterocycles. The molecule has 8 heteroatoms. The highest BCUT2D eigenvalue weighted by Gasteiger charge is 2.31. The minimum Gasteiger partial charge on any atom is -0.378 e. The number of benzene rings is 2. The topological polar surface area (TPSA) is 51.5 Å². The van der Waals surface area contributed by atoms with E-state index < -0.39 is 11.7 Å². The van der Waals surface area contributed by atoms with Gasteiger partial charge in [0.05, 0.1) is 30.0 Å². The number of rotatable bonds is 4. The summed E-state index contributed by atoms with van der Waals surface area (Å²) in [6.45, 7) is 1.72. The Bertz CT molecular complexity index is 1100. The Kier molecular flexibility index (Phi) is 5.34. The smallest absolute Gasteiger partial charge is 0.378 e. The molecule has 156 valence electrons. The summed E-state index contributed by atoms with van der Waals surface area (Å²) >= 11 is 0. The van der Waals surface area contributed by atoms with Crippen LogP contribution in [0.1, 0.15) is 32.0 Å². The number of fused-ring (bicyclic) bond motifs is 1. The standard InChI is InChI=1S/C22H19F3N2O3/c23-22(24,25)16-5-3-4-15(12-16)13-27-18-7-2-1-6-17(18)20(19(27)14-28)21(29)26-8-10-30-11-9-26/h1-7,12,14H,8-11,13H2. The van der Waals surface area contributed by atoms with Gasteiger partial charge in [-0.15, -0.1) is 0 Å². The monoisotopic (exact) mass is 416 g/mol. The van der Waals surface area contributed by atoms with Crippen molar-refractivity contribution in [1.29, 1.82) is 0 Å². The number of amides is 1. The lowest BCUT2D eigenvalue weighted by molar-refractivity contribution is -0.137. The minimum atomic E-state index is -4.46. The fourth-order valence-corrected chi connectivity index (χ4v) is 3.79. The van der Waals surface area contributed by atoms with Crippen LogP contribution in [-0.2, 0) is 17.5 Å². The average Bonchev–Trinajstić information content (AvgIpc) is 3.07. The van der Waals surface area contributed by atoms with Gasteiger partial charge >= 0.3 is 6.18 Å². The van der Waals surface area contributed by atoms with Crippen molar-refractivity contribution in [3.8, 4) is 0 Å². The van der Waals surface area contributed by atoms with Crippen LogP contribution in [0.3, 0.4) is 0 Å². The molecule has 1 amide bonds. The van der Waals surface area contributed by atoms with Crippen LogP contribution < -0.4 is 0 Å². The number of morpholine rings is 1. The van der Waals surface area contributed by atoms with E-state index in [0.29, 0.717) is 49.1 Å². The van der Waals surface area contributed by atoms with Gasteiger partial charge in [-0.25, -0.2) is 0 Å². The normalized spacial score (nSPS) is 14.8. The first-order chi connectivity index (χ1) is 14.4. The summed E-state index contributed by atoms with van der Waals surface area (Å²) in [6.07, 6.45) is -3.86. The molecule has 1 aliphatic rings. The van der Waals surface area contributed by atoms with Crippen LogP contribution in [-0.4, -0.2) is 48.0 Å². The Morgan fingerprint density at radius 3 is 2.50 bits per heavy atom. The number of nitrogens with zero attached hydrogens (tertiary/aromatic N) is 2. The van der Waals surface area contributed by atoms with Crippen LogP contribution >= 0.6 is 0 Å². The van der Waals surface area contributed by atoms with Crippen LogP contribution in [0, 0.1) is 0 Å². The molecule has 0 aliphatic carbocycles. The largest absolute Gasteiger partial charge is 0.416 e. The van der Waals surface area contributed by atoms with Crippen LogP contribution in [0.2, 0.25) is 0 Å². The third-order valence-electron chi connectivity index (χ3n) is 5.23. The fourth-order valence-electron chi connectivity index (χ4n) is 3.79. The van der Waals surface area contributed by atoms with Crippen LogP contribution in [0.5, 0.6) is 0 Å². The summed E-state index contributed by atoms with van der Waals surface area (Å²) in [5.74, 6) is -0.278. The van der Waals surface area contributed by atoms with Crippen molar-refractivity contribution >= 4 is 23.1 Å². The van der Waals surface area contributed by atoms with E-state index in [4.69, 9.17) is 4.74 Å². The maximum atomic E-state index is 13.2. The maximum Gasteiger partial charge on any atom is 0.416 e. The molecular weight excluding hydrogens is 397 g/mol. The summed E-state index contributed by atoms with van der Waals surface area (Å²) in [6, 6.07) is 12.0. The van der Waals surface area contributed by atoms with E-state index >= 15 is 0 Å². The number of aromatic nitrogens is 1. The van der Waals surface area contributed by atoms with Gasteiger partial charge in [-0.1, -0.05) is 30.3 Å². The number of carbonyl (C=O) groups excluding carboxylic acids is 2. The molecule has 0 unspecified atom stereocenters. The molecule has 1 fully saturated rings. The Morgan fingerprint density at radius 2 is 1.80 bits per heavy atom. The van der Waals surface area contributed by atoms with Gasteiger partial charge in [0.15, 0.2) is 6.29 Å². The maximum absolute atomic E-state index is 13.2. The second-order valence-corrected chi connectivity index (χ2v) is 7.08. The van der Waals surface area contributed by atoms with Crippen LogP contribution in [0.25, 0.3) is 10.9 Å². The van der Waals surface area contributed by atoms with Crippen molar-refractivity contribution in [1.82, 2.24) is 9.47 Å². The molecule has 30 heavy (non-hydrogen) atoms. The second kappa shape index (κ2) is 7.95. The zero-order valence-corrected chi connectivity index (χ0v) is 16.0. The highest BCUT2D eigenvalue weighted by Crippen LogP contribution is 2.31. The molecule has 1 aliphatic heterocycles. The van der Waals surface area contributed by atoms with Crippen molar-refractivity contribution in [2.45, 2.75) is 12.7 Å². The molecule has 3 aromatic rings. The predicted octanol–water partition coefficient (Wildman–Crippen LogP) is 3.99. The van der Waals surface area contributed by atoms with E-state index in [1.54, 1.807) is 39.8 Å². The first kappa shape index (κ1) is 20.2. The van der Waals surface area contributed by atoms with Crippen LogP contribution in [0.15, 0.2) is 48.5 Å². The average molecular weight is 416 g/mol. The molecule has 0 spiro atoms. The SMILES string of the molecule is O=Cc1c(C(=O)N2CCOCC2)c2ccccc2n1Cc1cccc(C(F)(F)F)c1. The van der Waals surface area contributed by atoms with E-state index in [2.05, 4.69) is 0 Å². The molecule has 1 saturated heterocycles. The summed E-state index contributed by atoms with van der Waals surface area (Å²) in [4.78, 5) is 26.9. The lowest BCUT2D eigenvalue weighted by atomic mass is 10.1. The zero-order chi connectivity index (χ0) is 21.3. The van der Waals surface area contributed by atoms with Crippen molar-refractivity contribution < 1.29 is 27.5 Å². The van der Waals surface area contributed by atoms with Crippen molar-refractivity contribution in [3.05, 3.63) is 70.9 Å². The number of carbonyl (C=O) groups is 2. The van der Waals surface area contributed by atoms with Gasteiger partial charge in [-0.05, 0) is 23.8 Å². The van der Waals surface area contributed by atoms with E-state index in [0.717, 1.165) is 12.1 Å². The van der Waals surface area contributed by atoms with Gasteiger partial charge in [0.25, 0.3) is 5.91 Å². The van der Waals surface area contributed by atoms with Crippen molar-refractivity contribution in [3.63, 3.8) is 0 Å². The Hall–Kier alpha value is -3.13. The molecule has 0 N–H and O–H groups in total. The quantitative estimate of drug-likeness (QED) is 0.605. The van der Waals surface area contributed by atoms with Gasteiger partial charge in [0.2, 0.25) is 0 Å². The molecule has 0 saturated carbocycles. The Morgan fingerprint density at radius 1 is 1.07 bits per heavy atom. The van der Waals surface area contributed by atoms with E-state index in [9.17, 15) is 22.8 Å². The van der Waals surface area contributed by atoms with Gasteiger partial charge in [-0.3, -0.25) is 9.59 Å². The predicted molar refractivity (Wildman–Crippen MR) is 105 cm³/mol. The van der Waals surface area contributed by atoms with E-state index in [-0.39, 0.29) is 23.7 Å². The van der Waals surface area contributed by atoms with Crippen LogP contribution in [0.4, 0.5) is 13.2 Å². The van der Waals surface area contributed by atoms with Gasteiger partial charge in [-0.2, -0.15) is 13.2 Å². The number of halogens is 3. The number of para-hydroxylation sites is 1. The molecule has 1 aromatic heterocycles.